The highest BCUT2D eigenvalue weighted by atomic mass is 32.2. The molecule has 1 aliphatic rings. The van der Waals surface area contributed by atoms with E-state index in [0.717, 1.165) is 26.8 Å². The average Bonchev–Trinajstić information content (AvgIpc) is 3.51. The summed E-state index contributed by atoms with van der Waals surface area (Å²) < 4.78 is 5.42. The number of amides is 2. The average molecular weight is 487 g/mol. The van der Waals surface area contributed by atoms with Gasteiger partial charge in [-0.25, -0.2) is 0 Å². The maximum atomic E-state index is 13.0. The Kier molecular flexibility index (Phi) is 6.74. The largest absolute Gasteiger partial charge is 0.467 e. The van der Waals surface area contributed by atoms with E-state index in [2.05, 4.69) is 5.32 Å². The molecular weight excluding hydrogens is 464 g/mol. The van der Waals surface area contributed by atoms with Crippen molar-refractivity contribution in [3.8, 4) is 0 Å². The van der Waals surface area contributed by atoms with Gasteiger partial charge in [0.15, 0.2) is 0 Å². The van der Waals surface area contributed by atoms with E-state index in [4.69, 9.17) is 4.42 Å². The van der Waals surface area contributed by atoms with Crippen LogP contribution in [-0.2, 0) is 11.3 Å². The monoisotopic (exact) mass is 486 g/mol. The molecule has 1 unspecified atom stereocenters. The second-order valence-corrected chi connectivity index (χ2v) is 9.94. The number of benzene rings is 3. The van der Waals surface area contributed by atoms with Gasteiger partial charge in [-0.3, -0.25) is 9.59 Å². The number of furan rings is 1. The number of nitrogens with zero attached hydrogens (tertiary/aromatic N) is 1. The van der Waals surface area contributed by atoms with Crippen molar-refractivity contribution < 1.29 is 14.0 Å². The van der Waals surface area contributed by atoms with Gasteiger partial charge >= 0.3 is 0 Å². The van der Waals surface area contributed by atoms with Crippen LogP contribution in [0.4, 0.5) is 5.69 Å². The zero-order valence-corrected chi connectivity index (χ0v) is 19.9. The summed E-state index contributed by atoms with van der Waals surface area (Å²) >= 11 is 3.19. The van der Waals surface area contributed by atoms with E-state index in [1.54, 1.807) is 29.8 Å². The first kappa shape index (κ1) is 22.4. The first-order valence-corrected chi connectivity index (χ1v) is 12.7. The molecule has 2 amide bonds. The lowest BCUT2D eigenvalue weighted by Crippen LogP contribution is -2.27. The Hall–Kier alpha value is -3.42. The van der Waals surface area contributed by atoms with Crippen LogP contribution in [0.1, 0.15) is 27.1 Å². The van der Waals surface area contributed by atoms with E-state index in [0.29, 0.717) is 17.9 Å². The molecule has 1 atom stereocenters. The molecule has 34 heavy (non-hydrogen) atoms. The Morgan fingerprint density at radius 1 is 0.971 bits per heavy atom. The lowest BCUT2D eigenvalue weighted by atomic mass is 10.1. The number of rotatable bonds is 7. The molecule has 3 aromatic carbocycles. The van der Waals surface area contributed by atoms with Crippen LogP contribution >= 0.6 is 23.5 Å². The quantitative estimate of drug-likeness (QED) is 0.325. The molecule has 5 rings (SSSR count). The molecular formula is C27H22N2O3S2. The molecule has 170 valence electrons. The molecule has 1 saturated heterocycles. The van der Waals surface area contributed by atoms with E-state index < -0.39 is 0 Å². The van der Waals surface area contributed by atoms with E-state index in [9.17, 15) is 9.59 Å². The minimum absolute atomic E-state index is 0.0840. The molecule has 0 spiro atoms. The molecule has 0 saturated carbocycles. The highest BCUT2D eigenvalue weighted by Gasteiger charge is 2.33. The standard InChI is InChI=1S/C27H22N2O3S2/c30-25-18-33-27(29(25)17-21-7-6-16-32-21)20-14-12-19(13-15-20)26(31)28-23-10-4-5-11-24(23)34-22-8-2-1-3-9-22/h1-16,27H,17-18H2,(H,28,31). The third-order valence-electron chi connectivity index (χ3n) is 5.44. The lowest BCUT2D eigenvalue weighted by molar-refractivity contribution is -0.128. The van der Waals surface area contributed by atoms with Crippen LogP contribution in [0.5, 0.6) is 0 Å². The fourth-order valence-corrected chi connectivity index (χ4v) is 5.85. The van der Waals surface area contributed by atoms with Crippen molar-refractivity contribution in [2.75, 3.05) is 11.1 Å². The van der Waals surface area contributed by atoms with Crippen LogP contribution in [0.15, 0.2) is 111 Å². The van der Waals surface area contributed by atoms with E-state index in [-0.39, 0.29) is 17.2 Å². The minimum Gasteiger partial charge on any atom is -0.467 e. The summed E-state index contributed by atoms with van der Waals surface area (Å²) in [5.74, 6) is 1.10. The van der Waals surface area contributed by atoms with Crippen molar-refractivity contribution in [2.24, 2.45) is 0 Å². The number of nitrogens with one attached hydrogen (secondary N) is 1. The molecule has 1 N–H and O–H groups in total. The van der Waals surface area contributed by atoms with Gasteiger partial charge in [0.05, 0.1) is 24.2 Å². The molecule has 5 nitrogen and oxygen atoms in total. The second-order valence-electron chi connectivity index (χ2n) is 7.75. The van der Waals surface area contributed by atoms with Crippen molar-refractivity contribution >= 4 is 41.0 Å². The van der Waals surface area contributed by atoms with Crippen LogP contribution in [0.2, 0.25) is 0 Å². The Labute approximate surface area is 206 Å². The van der Waals surface area contributed by atoms with Crippen molar-refractivity contribution in [1.29, 1.82) is 0 Å². The van der Waals surface area contributed by atoms with Crippen LogP contribution in [0.3, 0.4) is 0 Å². The summed E-state index contributed by atoms with van der Waals surface area (Å²) in [5, 5.41) is 2.94. The van der Waals surface area contributed by atoms with Gasteiger partial charge in [0.1, 0.15) is 11.1 Å². The highest BCUT2D eigenvalue weighted by molar-refractivity contribution is 8.00. The Balaban J connectivity index is 1.29. The fourth-order valence-electron chi connectivity index (χ4n) is 3.74. The van der Waals surface area contributed by atoms with E-state index in [1.165, 1.54) is 0 Å². The van der Waals surface area contributed by atoms with Gasteiger partial charge in [-0.05, 0) is 54.1 Å². The predicted molar refractivity (Wildman–Crippen MR) is 136 cm³/mol. The number of para-hydroxylation sites is 1. The highest BCUT2D eigenvalue weighted by Crippen LogP contribution is 2.40. The van der Waals surface area contributed by atoms with Gasteiger partial charge in [-0.2, -0.15) is 0 Å². The minimum atomic E-state index is -0.171. The summed E-state index contributed by atoms with van der Waals surface area (Å²) in [4.78, 5) is 29.3. The molecule has 0 radical (unpaired) electrons. The lowest BCUT2D eigenvalue weighted by Gasteiger charge is -2.23. The van der Waals surface area contributed by atoms with Crippen LogP contribution in [0.25, 0.3) is 0 Å². The molecule has 4 aromatic rings. The molecule has 1 fully saturated rings. The molecule has 1 aliphatic heterocycles. The number of hydrogen-bond acceptors (Lipinski definition) is 5. The van der Waals surface area contributed by atoms with Crippen molar-refractivity contribution in [3.05, 3.63) is 114 Å². The third kappa shape index (κ3) is 5.05. The first-order chi connectivity index (χ1) is 16.7. The first-order valence-electron chi connectivity index (χ1n) is 10.8. The van der Waals surface area contributed by atoms with Crippen LogP contribution < -0.4 is 5.32 Å². The van der Waals surface area contributed by atoms with Crippen molar-refractivity contribution in [1.82, 2.24) is 4.90 Å². The number of thioether (sulfide) groups is 1. The zero-order chi connectivity index (χ0) is 23.3. The number of carbonyl (C=O) groups is 2. The Bertz CT molecular complexity index is 1280. The summed E-state index contributed by atoms with van der Waals surface area (Å²) in [6.45, 7) is 0.432. The zero-order valence-electron chi connectivity index (χ0n) is 18.2. The van der Waals surface area contributed by atoms with Gasteiger partial charge in [0.25, 0.3) is 5.91 Å². The summed E-state index contributed by atoms with van der Waals surface area (Å²) in [5.41, 5.74) is 2.32. The molecule has 7 heteroatoms. The second kappa shape index (κ2) is 10.2. The van der Waals surface area contributed by atoms with Crippen molar-refractivity contribution in [3.63, 3.8) is 0 Å². The summed E-state index contributed by atoms with van der Waals surface area (Å²) in [7, 11) is 0. The number of carbonyl (C=O) groups excluding carboxylic acids is 2. The SMILES string of the molecule is O=C(Nc1ccccc1Sc1ccccc1)c1ccc(C2SCC(=O)N2Cc2ccco2)cc1. The topological polar surface area (TPSA) is 62.6 Å². The summed E-state index contributed by atoms with van der Waals surface area (Å²) in [6, 6.07) is 29.0. The normalized spacial score (nSPS) is 15.5. The fraction of sp³-hybridized carbons (Fsp3) is 0.111. The van der Waals surface area contributed by atoms with Crippen LogP contribution in [0, 0.1) is 0 Å². The summed E-state index contributed by atoms with van der Waals surface area (Å²) in [6.07, 6.45) is 1.61. The van der Waals surface area contributed by atoms with Gasteiger partial charge in [0.2, 0.25) is 5.91 Å². The van der Waals surface area contributed by atoms with Gasteiger partial charge in [-0.1, -0.05) is 54.2 Å². The van der Waals surface area contributed by atoms with E-state index in [1.807, 2.05) is 95.9 Å². The number of hydrogen-bond donors (Lipinski definition) is 1. The maximum Gasteiger partial charge on any atom is 0.255 e. The van der Waals surface area contributed by atoms with Crippen LogP contribution in [-0.4, -0.2) is 22.5 Å². The van der Waals surface area contributed by atoms with Crippen molar-refractivity contribution in [2.45, 2.75) is 21.7 Å². The molecule has 2 heterocycles. The molecule has 0 bridgehead atoms. The van der Waals surface area contributed by atoms with Gasteiger partial charge < -0.3 is 14.6 Å². The Morgan fingerprint density at radius 2 is 1.74 bits per heavy atom. The maximum absolute atomic E-state index is 13.0. The predicted octanol–water partition coefficient (Wildman–Crippen LogP) is 6.46. The van der Waals surface area contributed by atoms with Gasteiger partial charge in [0, 0.05) is 15.4 Å². The molecule has 0 aliphatic carbocycles. The Morgan fingerprint density at radius 3 is 2.50 bits per heavy atom. The van der Waals surface area contributed by atoms with E-state index >= 15 is 0 Å². The smallest absolute Gasteiger partial charge is 0.255 e. The van der Waals surface area contributed by atoms with Gasteiger partial charge in [-0.15, -0.1) is 11.8 Å². The number of anilines is 1. The third-order valence-corrected chi connectivity index (χ3v) is 7.78. The molecule has 1 aromatic heterocycles.